The zero-order chi connectivity index (χ0) is 9.94. The molecule has 0 aliphatic carbocycles. The first-order valence-corrected chi connectivity index (χ1v) is 7.92. The summed E-state index contributed by atoms with van der Waals surface area (Å²) in [6, 6.07) is 0. The molecule has 0 aromatic rings. The van der Waals surface area contributed by atoms with Crippen molar-refractivity contribution in [2.24, 2.45) is 0 Å². The minimum Gasteiger partial charge on any atom is -0.342 e. The molecule has 0 atom stereocenters. The van der Waals surface area contributed by atoms with E-state index in [1.54, 1.807) is 0 Å². The van der Waals surface area contributed by atoms with Gasteiger partial charge in [-0.1, -0.05) is 56.8 Å². The minimum absolute atomic E-state index is 0.895. The quantitative estimate of drug-likeness (QED) is 0.463. The van der Waals surface area contributed by atoms with Crippen LogP contribution in [0.1, 0.15) is 51.9 Å². The van der Waals surface area contributed by atoms with Crippen LogP contribution in [-0.4, -0.2) is 15.5 Å². The highest BCUT2D eigenvalue weighted by atomic mass is 32.7. The lowest BCUT2D eigenvalue weighted by molar-refractivity contribution is 0.505. The van der Waals surface area contributed by atoms with Crippen molar-refractivity contribution < 1.29 is 9.79 Å². The van der Waals surface area contributed by atoms with Crippen LogP contribution in [0.2, 0.25) is 0 Å². The summed E-state index contributed by atoms with van der Waals surface area (Å²) in [7, 11) is -1.71. The average molecular weight is 224 g/mol. The predicted molar refractivity (Wildman–Crippen MR) is 61.8 cm³/mol. The molecule has 0 saturated carbocycles. The third kappa shape index (κ3) is 12.7. The van der Waals surface area contributed by atoms with Gasteiger partial charge in [-0.05, 0) is 6.42 Å². The van der Waals surface area contributed by atoms with Crippen molar-refractivity contribution in [3.63, 3.8) is 0 Å². The van der Waals surface area contributed by atoms with E-state index in [1.165, 1.54) is 49.9 Å². The highest BCUT2D eigenvalue weighted by Gasteiger charge is 1.97. The Hall–Kier alpha value is 0.700. The first kappa shape index (κ1) is 13.7. The van der Waals surface area contributed by atoms with E-state index in [4.69, 9.17) is 9.79 Å². The number of hydrogen-bond donors (Lipinski definition) is 2. The second-order valence-corrected chi connectivity index (χ2v) is 6.13. The van der Waals surface area contributed by atoms with Crippen LogP contribution in [0, 0.1) is 0 Å². The van der Waals surface area contributed by atoms with E-state index in [9.17, 15) is 0 Å². The van der Waals surface area contributed by atoms with Crippen molar-refractivity contribution in [3.8, 4) is 0 Å². The molecule has 4 heteroatoms. The molecule has 0 heterocycles. The van der Waals surface area contributed by atoms with E-state index in [-0.39, 0.29) is 0 Å². The molecule has 0 aliphatic heterocycles. The molecule has 0 amide bonds. The summed E-state index contributed by atoms with van der Waals surface area (Å²) in [5, 5.41) is 0. The average Bonchev–Trinajstić information content (AvgIpc) is 2.09. The van der Waals surface area contributed by atoms with Gasteiger partial charge in [0.1, 0.15) is 0 Å². The van der Waals surface area contributed by atoms with Crippen LogP contribution >= 0.6 is 19.0 Å². The largest absolute Gasteiger partial charge is 0.342 e. The summed E-state index contributed by atoms with van der Waals surface area (Å²) in [6.45, 7) is 2.22. The fraction of sp³-hybridized carbons (Fsp3) is 1.00. The van der Waals surface area contributed by atoms with Gasteiger partial charge in [-0.25, -0.2) is 0 Å². The molecule has 2 N–H and O–H groups in total. The molecule has 0 radical (unpaired) electrons. The normalized spacial score (nSPS) is 11.1. The van der Waals surface area contributed by atoms with Crippen LogP contribution in [0.5, 0.6) is 0 Å². The van der Waals surface area contributed by atoms with Crippen molar-refractivity contribution in [2.45, 2.75) is 51.9 Å². The van der Waals surface area contributed by atoms with E-state index in [2.05, 4.69) is 6.92 Å². The van der Waals surface area contributed by atoms with Crippen molar-refractivity contribution in [2.75, 3.05) is 5.75 Å². The number of hydrogen-bond acceptors (Lipinski definition) is 3. The van der Waals surface area contributed by atoms with Crippen LogP contribution in [0.25, 0.3) is 0 Å². The van der Waals surface area contributed by atoms with Crippen molar-refractivity contribution >= 4 is 19.0 Å². The molecule has 13 heavy (non-hydrogen) atoms. The molecule has 0 aromatic carbocycles. The molecule has 0 unspecified atom stereocenters. The Morgan fingerprint density at radius 3 is 2.00 bits per heavy atom. The molecule has 0 aliphatic rings. The fourth-order valence-corrected chi connectivity index (χ4v) is 2.58. The first-order valence-electron chi connectivity index (χ1n) is 5.08. The highest BCUT2D eigenvalue weighted by molar-refractivity contribution is 8.52. The van der Waals surface area contributed by atoms with Gasteiger partial charge in [-0.2, -0.15) is 0 Å². The van der Waals surface area contributed by atoms with Crippen molar-refractivity contribution in [1.29, 1.82) is 0 Å². The van der Waals surface area contributed by atoms with Crippen LogP contribution in [0.15, 0.2) is 0 Å². The smallest absolute Gasteiger partial charge is 0.232 e. The Labute approximate surface area is 86.8 Å². The van der Waals surface area contributed by atoms with Gasteiger partial charge < -0.3 is 9.79 Å². The molecule has 0 bridgehead atoms. The van der Waals surface area contributed by atoms with Crippen molar-refractivity contribution in [3.05, 3.63) is 0 Å². The summed E-state index contributed by atoms with van der Waals surface area (Å²) in [5.74, 6) is 0.895. The Kier molecular flexibility index (Phi) is 11.4. The summed E-state index contributed by atoms with van der Waals surface area (Å²) in [5.41, 5.74) is 0. The zero-order valence-corrected chi connectivity index (χ0v) is 10.1. The molecule has 2 nitrogen and oxygen atoms in total. The Balaban J connectivity index is 2.84. The van der Waals surface area contributed by atoms with E-state index in [0.717, 1.165) is 12.2 Å². The van der Waals surface area contributed by atoms with E-state index < -0.39 is 7.58 Å². The maximum absolute atomic E-state index is 8.61. The van der Waals surface area contributed by atoms with Crippen LogP contribution in [0.3, 0.4) is 0 Å². The lowest BCUT2D eigenvalue weighted by Crippen LogP contribution is -1.81. The Morgan fingerprint density at radius 1 is 0.923 bits per heavy atom. The van der Waals surface area contributed by atoms with Crippen LogP contribution < -0.4 is 0 Å². The molecule has 0 rings (SSSR count). The molecule has 0 aromatic heterocycles. The highest BCUT2D eigenvalue weighted by Crippen LogP contribution is 2.40. The Bertz CT molecular complexity index is 102. The Morgan fingerprint density at radius 2 is 1.46 bits per heavy atom. The standard InChI is InChI=1S/C9H21O2PS/c1-2-3-4-5-6-7-8-9-13-12(10)11/h10-11H,2-9H2,1H3. The number of rotatable bonds is 9. The SMILES string of the molecule is CCCCCCCCCSP(O)O. The molecular weight excluding hydrogens is 203 g/mol. The van der Waals surface area contributed by atoms with Gasteiger partial charge >= 0.3 is 0 Å². The van der Waals surface area contributed by atoms with Gasteiger partial charge in [-0.3, -0.25) is 0 Å². The molecule has 80 valence electrons. The monoisotopic (exact) mass is 224 g/mol. The summed E-state index contributed by atoms with van der Waals surface area (Å²) in [6.07, 6.45) is 9.01. The maximum Gasteiger partial charge on any atom is 0.232 e. The van der Waals surface area contributed by atoms with Gasteiger partial charge in [0, 0.05) is 5.75 Å². The predicted octanol–water partition coefficient (Wildman–Crippen LogP) is 3.68. The lowest BCUT2D eigenvalue weighted by atomic mass is 10.1. The van der Waals surface area contributed by atoms with Gasteiger partial charge in [0.2, 0.25) is 7.58 Å². The van der Waals surface area contributed by atoms with Gasteiger partial charge in [0.05, 0.1) is 0 Å². The maximum atomic E-state index is 8.61. The topological polar surface area (TPSA) is 40.5 Å². The third-order valence-electron chi connectivity index (χ3n) is 1.95. The van der Waals surface area contributed by atoms with Crippen LogP contribution in [-0.2, 0) is 0 Å². The lowest BCUT2D eigenvalue weighted by Gasteiger charge is -2.01. The number of unbranched alkanes of at least 4 members (excludes halogenated alkanes) is 6. The summed E-state index contributed by atoms with van der Waals surface area (Å²) < 4.78 is 0. The van der Waals surface area contributed by atoms with Gasteiger partial charge in [-0.15, -0.1) is 0 Å². The van der Waals surface area contributed by atoms with Gasteiger partial charge in [0.25, 0.3) is 0 Å². The van der Waals surface area contributed by atoms with Gasteiger partial charge in [0.15, 0.2) is 0 Å². The summed E-state index contributed by atoms with van der Waals surface area (Å²) >= 11 is 1.28. The molecule has 0 fully saturated rings. The van der Waals surface area contributed by atoms with E-state index in [1.807, 2.05) is 0 Å². The third-order valence-corrected chi connectivity index (χ3v) is 3.90. The summed E-state index contributed by atoms with van der Waals surface area (Å²) in [4.78, 5) is 17.2. The van der Waals surface area contributed by atoms with Crippen LogP contribution in [0.4, 0.5) is 0 Å². The molecular formula is C9H21O2PS. The second-order valence-electron chi connectivity index (χ2n) is 3.21. The first-order chi connectivity index (χ1) is 6.27. The fourth-order valence-electron chi connectivity index (χ4n) is 1.21. The van der Waals surface area contributed by atoms with E-state index >= 15 is 0 Å². The molecule has 0 spiro atoms. The molecule has 0 saturated heterocycles. The zero-order valence-electron chi connectivity index (χ0n) is 8.41. The van der Waals surface area contributed by atoms with Crippen molar-refractivity contribution in [1.82, 2.24) is 0 Å². The second kappa shape index (κ2) is 10.8. The minimum atomic E-state index is -1.71. The van der Waals surface area contributed by atoms with E-state index in [0.29, 0.717) is 0 Å².